The molecule has 0 aromatic carbocycles. The summed E-state index contributed by atoms with van der Waals surface area (Å²) in [4.78, 5) is 5.49. The fraction of sp³-hybridized carbons (Fsp3) is 1.00. The minimum Gasteiger partial charge on any atom is -0.329 e. The topological polar surface area (TPSA) is 32.5 Å². The average Bonchev–Trinajstić information content (AvgIpc) is 3.10. The summed E-state index contributed by atoms with van der Waals surface area (Å²) in [6.07, 6.45) is 11.1. The van der Waals surface area contributed by atoms with Crippen LogP contribution < -0.4 is 5.73 Å². The highest BCUT2D eigenvalue weighted by atomic mass is 15.3. The Kier molecular flexibility index (Phi) is 3.92. The van der Waals surface area contributed by atoms with Gasteiger partial charge in [0.25, 0.3) is 0 Å². The zero-order valence-electron chi connectivity index (χ0n) is 11.7. The summed E-state index contributed by atoms with van der Waals surface area (Å²) in [5.41, 5.74) is 6.53. The molecule has 0 spiro atoms. The molecule has 0 amide bonds. The molecule has 2 heterocycles. The van der Waals surface area contributed by atoms with Crippen LogP contribution in [0, 0.1) is 0 Å². The maximum atomic E-state index is 6.16. The van der Waals surface area contributed by atoms with E-state index in [0.29, 0.717) is 5.54 Å². The highest BCUT2D eigenvalue weighted by Gasteiger charge is 2.41. The van der Waals surface area contributed by atoms with Gasteiger partial charge < -0.3 is 5.73 Å². The molecule has 104 valence electrons. The fourth-order valence-corrected chi connectivity index (χ4v) is 4.44. The van der Waals surface area contributed by atoms with Gasteiger partial charge in [0.15, 0.2) is 0 Å². The van der Waals surface area contributed by atoms with Crippen LogP contribution in [0.5, 0.6) is 0 Å². The summed E-state index contributed by atoms with van der Waals surface area (Å²) in [6.45, 7) is 6.14. The maximum absolute atomic E-state index is 6.16. The minimum absolute atomic E-state index is 0.368. The summed E-state index contributed by atoms with van der Waals surface area (Å²) in [7, 11) is 0. The third-order valence-electron chi connectivity index (χ3n) is 5.66. The summed E-state index contributed by atoms with van der Waals surface area (Å²) >= 11 is 0. The lowest BCUT2D eigenvalue weighted by Gasteiger charge is -2.44. The molecule has 1 saturated carbocycles. The smallest absolute Gasteiger partial charge is 0.0332 e. The number of nitrogens with two attached hydrogens (primary N) is 1. The zero-order chi connectivity index (χ0) is 12.4. The zero-order valence-corrected chi connectivity index (χ0v) is 11.7. The van der Waals surface area contributed by atoms with Gasteiger partial charge in [0.2, 0.25) is 0 Å². The normalized spacial score (nSPS) is 34.2. The molecule has 1 unspecified atom stereocenters. The van der Waals surface area contributed by atoms with E-state index in [-0.39, 0.29) is 0 Å². The van der Waals surface area contributed by atoms with E-state index in [9.17, 15) is 0 Å². The van der Waals surface area contributed by atoms with E-state index in [1.807, 2.05) is 0 Å². The van der Waals surface area contributed by atoms with Gasteiger partial charge in [-0.2, -0.15) is 0 Å². The first-order valence-electron chi connectivity index (χ1n) is 8.03. The lowest BCUT2D eigenvalue weighted by molar-refractivity contribution is 0.0724. The molecule has 3 fully saturated rings. The highest BCUT2D eigenvalue weighted by Crippen LogP contribution is 2.36. The summed E-state index contributed by atoms with van der Waals surface area (Å²) in [5.74, 6) is 0. The van der Waals surface area contributed by atoms with Crippen molar-refractivity contribution in [2.24, 2.45) is 5.73 Å². The van der Waals surface area contributed by atoms with Gasteiger partial charge in [0.1, 0.15) is 0 Å². The summed E-state index contributed by atoms with van der Waals surface area (Å²) in [5, 5.41) is 0. The van der Waals surface area contributed by atoms with Crippen molar-refractivity contribution in [3.63, 3.8) is 0 Å². The van der Waals surface area contributed by atoms with Crippen LogP contribution in [0.1, 0.15) is 51.4 Å². The second kappa shape index (κ2) is 5.48. The Morgan fingerprint density at radius 1 is 0.944 bits per heavy atom. The van der Waals surface area contributed by atoms with Crippen LogP contribution in [0.15, 0.2) is 0 Å². The molecule has 0 aromatic rings. The number of likely N-dealkylation sites (tertiary alicyclic amines) is 2. The Labute approximate surface area is 112 Å². The van der Waals surface area contributed by atoms with E-state index >= 15 is 0 Å². The predicted molar refractivity (Wildman–Crippen MR) is 75.7 cm³/mol. The Balaban J connectivity index is 1.62. The second-order valence-electron chi connectivity index (χ2n) is 6.62. The molecular weight excluding hydrogens is 222 g/mol. The van der Waals surface area contributed by atoms with Gasteiger partial charge in [0, 0.05) is 31.2 Å². The quantitative estimate of drug-likeness (QED) is 0.830. The van der Waals surface area contributed by atoms with Crippen molar-refractivity contribution in [1.82, 2.24) is 9.80 Å². The van der Waals surface area contributed by atoms with Crippen molar-refractivity contribution in [3.8, 4) is 0 Å². The molecular formula is C15H29N3. The van der Waals surface area contributed by atoms with Gasteiger partial charge in [-0.1, -0.05) is 19.3 Å². The SMILES string of the molecule is NCC1(N2CCC(N3CCCC3)C2)CCCCC1. The fourth-order valence-electron chi connectivity index (χ4n) is 4.44. The summed E-state index contributed by atoms with van der Waals surface area (Å²) in [6, 6.07) is 0.831. The molecule has 1 aliphatic carbocycles. The third kappa shape index (κ3) is 2.33. The molecule has 3 heteroatoms. The van der Waals surface area contributed by atoms with E-state index in [1.54, 1.807) is 0 Å². The van der Waals surface area contributed by atoms with Crippen LogP contribution >= 0.6 is 0 Å². The lowest BCUT2D eigenvalue weighted by atomic mass is 9.80. The molecule has 2 N–H and O–H groups in total. The third-order valence-corrected chi connectivity index (χ3v) is 5.66. The standard InChI is InChI=1S/C15H29N3/c16-13-15(7-2-1-3-8-15)18-11-6-14(12-18)17-9-4-5-10-17/h14H,1-13,16H2. The second-order valence-corrected chi connectivity index (χ2v) is 6.62. The van der Waals surface area contributed by atoms with Crippen molar-refractivity contribution >= 4 is 0 Å². The van der Waals surface area contributed by atoms with Crippen molar-refractivity contribution < 1.29 is 0 Å². The Morgan fingerprint density at radius 3 is 2.33 bits per heavy atom. The van der Waals surface area contributed by atoms with Gasteiger partial charge in [-0.15, -0.1) is 0 Å². The lowest BCUT2D eigenvalue weighted by Crippen LogP contribution is -2.54. The number of hydrogen-bond donors (Lipinski definition) is 1. The van der Waals surface area contributed by atoms with E-state index < -0.39 is 0 Å². The first-order chi connectivity index (χ1) is 8.84. The van der Waals surface area contributed by atoms with Crippen LogP contribution in [-0.2, 0) is 0 Å². The number of hydrogen-bond acceptors (Lipinski definition) is 3. The Bertz CT molecular complexity index is 267. The molecule has 0 aromatic heterocycles. The van der Waals surface area contributed by atoms with Crippen molar-refractivity contribution in [2.45, 2.75) is 62.9 Å². The van der Waals surface area contributed by atoms with Crippen LogP contribution in [0.4, 0.5) is 0 Å². The first-order valence-corrected chi connectivity index (χ1v) is 8.03. The van der Waals surface area contributed by atoms with E-state index in [2.05, 4.69) is 9.80 Å². The maximum Gasteiger partial charge on any atom is 0.0332 e. The highest BCUT2D eigenvalue weighted by molar-refractivity contribution is 4.99. The number of rotatable bonds is 3. The molecule has 2 aliphatic heterocycles. The van der Waals surface area contributed by atoms with Crippen molar-refractivity contribution in [2.75, 3.05) is 32.7 Å². The largest absolute Gasteiger partial charge is 0.329 e. The molecule has 18 heavy (non-hydrogen) atoms. The van der Waals surface area contributed by atoms with Crippen LogP contribution in [0.2, 0.25) is 0 Å². The van der Waals surface area contributed by atoms with Crippen LogP contribution in [0.25, 0.3) is 0 Å². The average molecular weight is 251 g/mol. The summed E-state index contributed by atoms with van der Waals surface area (Å²) < 4.78 is 0. The molecule has 2 saturated heterocycles. The molecule has 3 aliphatic rings. The molecule has 1 atom stereocenters. The van der Waals surface area contributed by atoms with Gasteiger partial charge in [-0.25, -0.2) is 0 Å². The monoisotopic (exact) mass is 251 g/mol. The van der Waals surface area contributed by atoms with E-state index in [0.717, 1.165) is 12.6 Å². The van der Waals surface area contributed by atoms with Crippen LogP contribution in [-0.4, -0.2) is 54.1 Å². The van der Waals surface area contributed by atoms with Crippen LogP contribution in [0.3, 0.4) is 0 Å². The predicted octanol–water partition coefficient (Wildman–Crippen LogP) is 1.82. The first kappa shape index (κ1) is 12.9. The minimum atomic E-state index is 0.368. The Morgan fingerprint density at radius 2 is 1.67 bits per heavy atom. The molecule has 0 bridgehead atoms. The van der Waals surface area contributed by atoms with E-state index in [4.69, 9.17) is 5.73 Å². The Hall–Kier alpha value is -0.120. The molecule has 3 rings (SSSR count). The van der Waals surface area contributed by atoms with Crippen molar-refractivity contribution in [1.29, 1.82) is 0 Å². The van der Waals surface area contributed by atoms with Gasteiger partial charge in [-0.3, -0.25) is 9.80 Å². The molecule has 0 radical (unpaired) electrons. The van der Waals surface area contributed by atoms with Gasteiger partial charge >= 0.3 is 0 Å². The van der Waals surface area contributed by atoms with Gasteiger partial charge in [0.05, 0.1) is 0 Å². The van der Waals surface area contributed by atoms with Crippen molar-refractivity contribution in [3.05, 3.63) is 0 Å². The van der Waals surface area contributed by atoms with E-state index in [1.165, 1.54) is 77.5 Å². The molecule has 3 nitrogen and oxygen atoms in total. The van der Waals surface area contributed by atoms with Gasteiger partial charge in [-0.05, 0) is 45.2 Å². The number of nitrogens with zero attached hydrogens (tertiary/aromatic N) is 2.